The van der Waals surface area contributed by atoms with E-state index in [9.17, 15) is 9.59 Å². The lowest BCUT2D eigenvalue weighted by molar-refractivity contribution is -0.126. The highest BCUT2D eigenvalue weighted by Gasteiger charge is 2.33. The third kappa shape index (κ3) is 2.90. The molecule has 2 heterocycles. The maximum Gasteiger partial charge on any atom is 0.254 e. The summed E-state index contributed by atoms with van der Waals surface area (Å²) >= 11 is 0. The average Bonchev–Trinajstić information content (AvgIpc) is 2.46. The van der Waals surface area contributed by atoms with Gasteiger partial charge in [0.1, 0.15) is 6.04 Å². The van der Waals surface area contributed by atoms with Crippen molar-refractivity contribution < 1.29 is 9.59 Å². The van der Waals surface area contributed by atoms with Crippen molar-refractivity contribution in [3.63, 3.8) is 0 Å². The van der Waals surface area contributed by atoms with Crippen LogP contribution in [0.3, 0.4) is 0 Å². The Morgan fingerprint density at radius 2 is 2.00 bits per heavy atom. The second-order valence-corrected chi connectivity index (χ2v) is 4.63. The molecule has 1 aliphatic heterocycles. The molecule has 1 aromatic heterocycles. The fourth-order valence-electron chi connectivity index (χ4n) is 2.21. The molecule has 1 fully saturated rings. The van der Waals surface area contributed by atoms with Crippen molar-refractivity contribution in [1.82, 2.24) is 20.1 Å². The van der Waals surface area contributed by atoms with Crippen LogP contribution in [0, 0.1) is 0 Å². The molecule has 19 heavy (non-hydrogen) atoms. The zero-order chi connectivity index (χ0) is 13.8. The highest BCUT2D eigenvalue weighted by atomic mass is 16.2. The molecule has 6 heteroatoms. The molecule has 0 unspecified atom stereocenters. The first-order valence-corrected chi connectivity index (χ1v) is 6.24. The van der Waals surface area contributed by atoms with Gasteiger partial charge in [0, 0.05) is 44.6 Å². The van der Waals surface area contributed by atoms with E-state index in [-0.39, 0.29) is 11.8 Å². The van der Waals surface area contributed by atoms with Crippen LogP contribution in [0.2, 0.25) is 0 Å². The van der Waals surface area contributed by atoms with Gasteiger partial charge < -0.3 is 15.1 Å². The van der Waals surface area contributed by atoms with Gasteiger partial charge in [-0.25, -0.2) is 0 Å². The maximum absolute atomic E-state index is 12.4. The summed E-state index contributed by atoms with van der Waals surface area (Å²) < 4.78 is 0. The number of nitrogens with zero attached hydrogens (tertiary/aromatic N) is 3. The van der Waals surface area contributed by atoms with Gasteiger partial charge in [-0.05, 0) is 19.2 Å². The number of hydrogen-bond donors (Lipinski definition) is 1. The largest absolute Gasteiger partial charge is 0.357 e. The van der Waals surface area contributed by atoms with E-state index in [1.54, 1.807) is 36.5 Å². The summed E-state index contributed by atoms with van der Waals surface area (Å²) in [6, 6.07) is 2.90. The summed E-state index contributed by atoms with van der Waals surface area (Å²) in [5.41, 5.74) is 0.563. The number of hydrogen-bond acceptors (Lipinski definition) is 4. The van der Waals surface area contributed by atoms with Gasteiger partial charge >= 0.3 is 0 Å². The van der Waals surface area contributed by atoms with Crippen molar-refractivity contribution in [3.8, 4) is 0 Å². The second-order valence-electron chi connectivity index (χ2n) is 4.63. The molecule has 1 atom stereocenters. The van der Waals surface area contributed by atoms with E-state index < -0.39 is 6.04 Å². The Hall–Kier alpha value is -1.95. The Bertz CT molecular complexity index is 463. The van der Waals surface area contributed by atoms with Gasteiger partial charge in [0.2, 0.25) is 5.91 Å². The Labute approximate surface area is 112 Å². The molecule has 0 radical (unpaired) electrons. The molecule has 0 bridgehead atoms. The number of aromatic nitrogens is 1. The van der Waals surface area contributed by atoms with Crippen LogP contribution in [0.25, 0.3) is 0 Å². The summed E-state index contributed by atoms with van der Waals surface area (Å²) in [4.78, 5) is 31.9. The van der Waals surface area contributed by atoms with E-state index in [1.807, 2.05) is 7.05 Å². The first-order valence-electron chi connectivity index (χ1n) is 6.24. The monoisotopic (exact) mass is 262 g/mol. The molecule has 1 N–H and O–H groups in total. The number of rotatable bonds is 2. The molecule has 102 valence electrons. The predicted molar refractivity (Wildman–Crippen MR) is 70.6 cm³/mol. The fourth-order valence-corrected chi connectivity index (χ4v) is 2.21. The molecule has 6 nitrogen and oxygen atoms in total. The first kappa shape index (κ1) is 13.5. The van der Waals surface area contributed by atoms with Crippen molar-refractivity contribution in [2.75, 3.05) is 33.7 Å². The number of pyridine rings is 1. The zero-order valence-corrected chi connectivity index (χ0v) is 11.2. The van der Waals surface area contributed by atoms with Gasteiger partial charge in [0.15, 0.2) is 0 Å². The summed E-state index contributed by atoms with van der Waals surface area (Å²) in [6.45, 7) is 1.87. The molecule has 1 aliphatic rings. The number of likely N-dealkylation sites (N-methyl/N-ethyl adjacent to an activating group) is 2. The van der Waals surface area contributed by atoms with Crippen molar-refractivity contribution in [2.24, 2.45) is 0 Å². The topological polar surface area (TPSA) is 65.5 Å². The molecule has 0 saturated carbocycles. The summed E-state index contributed by atoms with van der Waals surface area (Å²) in [5, 5.41) is 2.62. The van der Waals surface area contributed by atoms with E-state index in [2.05, 4.69) is 15.2 Å². The minimum absolute atomic E-state index is 0.121. The van der Waals surface area contributed by atoms with E-state index in [0.717, 1.165) is 6.54 Å². The molecule has 0 aromatic carbocycles. The number of amides is 2. The molecular weight excluding hydrogens is 244 g/mol. The van der Waals surface area contributed by atoms with Gasteiger partial charge in [-0.15, -0.1) is 0 Å². The van der Waals surface area contributed by atoms with Crippen molar-refractivity contribution in [3.05, 3.63) is 30.1 Å². The lowest BCUT2D eigenvalue weighted by atomic mass is 10.1. The normalized spacial score (nSPS) is 20.1. The van der Waals surface area contributed by atoms with Crippen LogP contribution in [0.15, 0.2) is 24.5 Å². The smallest absolute Gasteiger partial charge is 0.254 e. The predicted octanol–water partition coefficient (Wildman–Crippen LogP) is -0.416. The van der Waals surface area contributed by atoms with Gasteiger partial charge in [0.05, 0.1) is 0 Å². The quantitative estimate of drug-likeness (QED) is 0.786. The van der Waals surface area contributed by atoms with E-state index in [0.29, 0.717) is 18.7 Å². The molecule has 0 spiro atoms. The van der Waals surface area contributed by atoms with Gasteiger partial charge in [-0.3, -0.25) is 14.6 Å². The SMILES string of the molecule is CNC(=O)[C@@H]1CN(C)CCN1C(=O)c1ccncc1. The van der Waals surface area contributed by atoms with Crippen LogP contribution in [-0.4, -0.2) is 66.4 Å². The Morgan fingerprint density at radius 3 is 2.63 bits per heavy atom. The van der Waals surface area contributed by atoms with Crippen molar-refractivity contribution in [1.29, 1.82) is 0 Å². The number of carbonyl (C=O) groups excluding carboxylic acids is 2. The lowest BCUT2D eigenvalue weighted by Gasteiger charge is -2.38. The summed E-state index contributed by atoms with van der Waals surface area (Å²) in [7, 11) is 3.54. The summed E-state index contributed by atoms with van der Waals surface area (Å²) in [5.74, 6) is -0.252. The molecule has 2 rings (SSSR count). The Morgan fingerprint density at radius 1 is 1.32 bits per heavy atom. The number of piperazine rings is 1. The summed E-state index contributed by atoms with van der Waals surface area (Å²) in [6.07, 6.45) is 3.16. The van der Waals surface area contributed by atoms with Crippen molar-refractivity contribution >= 4 is 11.8 Å². The van der Waals surface area contributed by atoms with Crippen LogP contribution in [0.4, 0.5) is 0 Å². The van der Waals surface area contributed by atoms with E-state index in [1.165, 1.54) is 0 Å². The van der Waals surface area contributed by atoms with E-state index in [4.69, 9.17) is 0 Å². The highest BCUT2D eigenvalue weighted by molar-refractivity contribution is 5.97. The minimum atomic E-state index is -0.440. The van der Waals surface area contributed by atoms with Crippen LogP contribution in [-0.2, 0) is 4.79 Å². The van der Waals surface area contributed by atoms with E-state index >= 15 is 0 Å². The first-order chi connectivity index (χ1) is 9.13. The van der Waals surface area contributed by atoms with Gasteiger partial charge in [-0.2, -0.15) is 0 Å². The molecule has 0 aliphatic carbocycles. The maximum atomic E-state index is 12.4. The Kier molecular flexibility index (Phi) is 4.11. The van der Waals surface area contributed by atoms with Crippen molar-refractivity contribution in [2.45, 2.75) is 6.04 Å². The standard InChI is InChI=1S/C13H18N4O2/c1-14-12(18)11-9-16(2)7-8-17(11)13(19)10-3-5-15-6-4-10/h3-6,11H,7-9H2,1-2H3,(H,14,18)/t11-/m0/s1. The molecular formula is C13H18N4O2. The number of nitrogens with one attached hydrogen (secondary N) is 1. The van der Waals surface area contributed by atoms with Crippen LogP contribution < -0.4 is 5.32 Å². The average molecular weight is 262 g/mol. The van der Waals surface area contributed by atoms with Crippen LogP contribution >= 0.6 is 0 Å². The van der Waals surface area contributed by atoms with Gasteiger partial charge in [-0.1, -0.05) is 0 Å². The highest BCUT2D eigenvalue weighted by Crippen LogP contribution is 2.13. The lowest BCUT2D eigenvalue weighted by Crippen LogP contribution is -2.59. The fraction of sp³-hybridized carbons (Fsp3) is 0.462. The molecule has 2 amide bonds. The third-order valence-corrected chi connectivity index (χ3v) is 3.32. The minimum Gasteiger partial charge on any atom is -0.357 e. The number of carbonyl (C=O) groups is 2. The van der Waals surface area contributed by atoms with Crippen LogP contribution in [0.5, 0.6) is 0 Å². The van der Waals surface area contributed by atoms with Gasteiger partial charge in [0.25, 0.3) is 5.91 Å². The molecule has 1 aromatic rings. The third-order valence-electron chi connectivity index (χ3n) is 3.32. The Balaban J connectivity index is 2.21. The zero-order valence-electron chi connectivity index (χ0n) is 11.2. The van der Waals surface area contributed by atoms with Crippen LogP contribution in [0.1, 0.15) is 10.4 Å². The molecule has 1 saturated heterocycles. The second kappa shape index (κ2) is 5.79.